The molecule has 1 aromatic carbocycles. The first-order valence-electron chi connectivity index (χ1n) is 8.60. The van der Waals surface area contributed by atoms with Crippen molar-refractivity contribution in [1.29, 1.82) is 0 Å². The number of benzene rings is 1. The van der Waals surface area contributed by atoms with Gasteiger partial charge in [0.1, 0.15) is 5.82 Å². The SMILES string of the molecule is CCCCn1c(N)c(N(CCOC)C(=O)c2ccccc2Cl)c(=O)[nH]c1=O. The van der Waals surface area contributed by atoms with Crippen LogP contribution in [0.5, 0.6) is 0 Å². The van der Waals surface area contributed by atoms with Crippen LogP contribution in [0.2, 0.25) is 5.02 Å². The number of ether oxygens (including phenoxy) is 1. The summed E-state index contributed by atoms with van der Waals surface area (Å²) in [6.07, 6.45) is 1.54. The van der Waals surface area contributed by atoms with Gasteiger partial charge in [-0.25, -0.2) is 4.79 Å². The zero-order chi connectivity index (χ0) is 20.0. The van der Waals surface area contributed by atoms with E-state index in [1.165, 1.54) is 16.6 Å². The van der Waals surface area contributed by atoms with Gasteiger partial charge in [0.15, 0.2) is 5.69 Å². The molecular weight excluding hydrogens is 372 g/mol. The van der Waals surface area contributed by atoms with E-state index in [-0.39, 0.29) is 35.2 Å². The molecule has 1 aromatic heterocycles. The van der Waals surface area contributed by atoms with Crippen LogP contribution in [-0.2, 0) is 11.3 Å². The molecule has 9 heteroatoms. The third kappa shape index (κ3) is 4.58. The molecule has 2 aromatic rings. The molecule has 27 heavy (non-hydrogen) atoms. The molecule has 0 bridgehead atoms. The van der Waals surface area contributed by atoms with Crippen molar-refractivity contribution in [1.82, 2.24) is 9.55 Å². The minimum Gasteiger partial charge on any atom is -0.383 e. The summed E-state index contributed by atoms with van der Waals surface area (Å²) in [5, 5.41) is 0.249. The summed E-state index contributed by atoms with van der Waals surface area (Å²) in [6, 6.07) is 6.51. The van der Waals surface area contributed by atoms with E-state index >= 15 is 0 Å². The standard InChI is InChI=1S/C18H23ClN4O4/c1-3-4-9-23-15(20)14(16(24)21-18(23)26)22(10-11-27-2)17(25)12-7-5-6-8-13(12)19/h5-8H,3-4,9-11,20H2,1-2H3,(H,21,24,26). The number of carbonyl (C=O) groups excluding carboxylic acids is 1. The lowest BCUT2D eigenvalue weighted by atomic mass is 10.2. The molecule has 0 aliphatic heterocycles. The highest BCUT2D eigenvalue weighted by atomic mass is 35.5. The lowest BCUT2D eigenvalue weighted by Crippen LogP contribution is -2.42. The second-order valence-electron chi connectivity index (χ2n) is 5.93. The van der Waals surface area contributed by atoms with Crippen molar-refractivity contribution in [2.24, 2.45) is 0 Å². The highest BCUT2D eigenvalue weighted by Crippen LogP contribution is 2.23. The molecule has 8 nitrogen and oxygen atoms in total. The summed E-state index contributed by atoms with van der Waals surface area (Å²) >= 11 is 6.14. The number of anilines is 2. The molecule has 0 fully saturated rings. The average molecular weight is 395 g/mol. The first-order valence-corrected chi connectivity index (χ1v) is 8.98. The van der Waals surface area contributed by atoms with Crippen molar-refractivity contribution < 1.29 is 9.53 Å². The Balaban J connectivity index is 2.60. The van der Waals surface area contributed by atoms with Crippen LogP contribution in [0.1, 0.15) is 30.1 Å². The van der Waals surface area contributed by atoms with E-state index in [9.17, 15) is 14.4 Å². The zero-order valence-electron chi connectivity index (χ0n) is 15.3. The van der Waals surface area contributed by atoms with Gasteiger partial charge < -0.3 is 10.5 Å². The van der Waals surface area contributed by atoms with Crippen molar-refractivity contribution in [3.05, 3.63) is 55.7 Å². The lowest BCUT2D eigenvalue weighted by Gasteiger charge is -2.24. The number of nitrogens with two attached hydrogens (primary N) is 1. The Bertz CT molecular complexity index is 922. The molecule has 0 atom stereocenters. The van der Waals surface area contributed by atoms with E-state index in [1.54, 1.807) is 24.3 Å². The van der Waals surface area contributed by atoms with E-state index in [0.717, 1.165) is 6.42 Å². The maximum absolute atomic E-state index is 13.1. The number of rotatable bonds is 8. The van der Waals surface area contributed by atoms with Gasteiger partial charge in [0.25, 0.3) is 11.5 Å². The summed E-state index contributed by atoms with van der Waals surface area (Å²) in [5.74, 6) is -0.566. The van der Waals surface area contributed by atoms with Crippen LogP contribution in [0.15, 0.2) is 33.9 Å². The number of hydrogen-bond acceptors (Lipinski definition) is 5. The van der Waals surface area contributed by atoms with Gasteiger partial charge in [-0.05, 0) is 18.6 Å². The maximum Gasteiger partial charge on any atom is 0.330 e. The number of hydrogen-bond donors (Lipinski definition) is 2. The van der Waals surface area contributed by atoms with Crippen molar-refractivity contribution in [3.63, 3.8) is 0 Å². The van der Waals surface area contributed by atoms with Gasteiger partial charge in [-0.3, -0.25) is 24.0 Å². The van der Waals surface area contributed by atoms with Crippen molar-refractivity contribution in [2.45, 2.75) is 26.3 Å². The van der Waals surface area contributed by atoms with Crippen LogP contribution in [0.25, 0.3) is 0 Å². The zero-order valence-corrected chi connectivity index (χ0v) is 16.1. The predicted octanol–water partition coefficient (Wildman–Crippen LogP) is 1.87. The molecule has 0 aliphatic rings. The minimum absolute atomic E-state index is 0.0614. The van der Waals surface area contributed by atoms with Crippen LogP contribution >= 0.6 is 11.6 Å². The summed E-state index contributed by atoms with van der Waals surface area (Å²) < 4.78 is 6.32. The number of nitrogens with zero attached hydrogens (tertiary/aromatic N) is 2. The molecule has 146 valence electrons. The van der Waals surface area contributed by atoms with Gasteiger partial charge in [0.05, 0.1) is 17.2 Å². The Hall–Kier alpha value is -2.58. The molecular formula is C18H23ClN4O4. The van der Waals surface area contributed by atoms with Gasteiger partial charge >= 0.3 is 5.69 Å². The monoisotopic (exact) mass is 394 g/mol. The molecule has 3 N–H and O–H groups in total. The molecule has 1 heterocycles. The highest BCUT2D eigenvalue weighted by Gasteiger charge is 2.26. The predicted molar refractivity (Wildman–Crippen MR) is 106 cm³/mol. The number of halogens is 1. The second kappa shape index (κ2) is 9.38. The summed E-state index contributed by atoms with van der Waals surface area (Å²) in [4.78, 5) is 41.1. The molecule has 2 rings (SSSR count). The van der Waals surface area contributed by atoms with Gasteiger partial charge in [-0.2, -0.15) is 0 Å². The lowest BCUT2D eigenvalue weighted by molar-refractivity contribution is 0.0975. The van der Waals surface area contributed by atoms with Gasteiger partial charge in [0.2, 0.25) is 0 Å². The van der Waals surface area contributed by atoms with E-state index in [4.69, 9.17) is 22.1 Å². The number of aromatic nitrogens is 2. The molecule has 0 spiro atoms. The number of carbonyl (C=O) groups is 1. The number of nitrogen functional groups attached to an aromatic ring is 1. The quantitative estimate of drug-likeness (QED) is 0.710. The van der Waals surface area contributed by atoms with Crippen molar-refractivity contribution in [3.8, 4) is 0 Å². The van der Waals surface area contributed by atoms with Crippen molar-refractivity contribution >= 4 is 29.0 Å². The fourth-order valence-corrected chi connectivity index (χ4v) is 2.87. The fourth-order valence-electron chi connectivity index (χ4n) is 2.65. The van der Waals surface area contributed by atoms with Gasteiger partial charge in [0, 0.05) is 20.2 Å². The second-order valence-corrected chi connectivity index (χ2v) is 6.33. The Morgan fingerprint density at radius 1 is 1.33 bits per heavy atom. The summed E-state index contributed by atoms with van der Waals surface area (Å²) in [6.45, 7) is 2.55. The van der Waals surface area contributed by atoms with Gasteiger partial charge in [-0.15, -0.1) is 0 Å². The number of nitrogens with one attached hydrogen (secondary N) is 1. The van der Waals surface area contributed by atoms with Crippen LogP contribution in [0.3, 0.4) is 0 Å². The number of methoxy groups -OCH3 is 1. The van der Waals surface area contributed by atoms with Crippen LogP contribution in [0.4, 0.5) is 11.5 Å². The summed E-state index contributed by atoms with van der Waals surface area (Å²) in [5.41, 5.74) is 4.92. The van der Waals surface area contributed by atoms with Crippen molar-refractivity contribution in [2.75, 3.05) is 30.9 Å². The Labute approximate surface area is 161 Å². The first-order chi connectivity index (χ1) is 12.9. The fraction of sp³-hybridized carbons (Fsp3) is 0.389. The molecule has 0 aliphatic carbocycles. The third-order valence-corrected chi connectivity index (χ3v) is 4.42. The maximum atomic E-state index is 13.1. The molecule has 0 saturated heterocycles. The Morgan fingerprint density at radius 3 is 2.67 bits per heavy atom. The van der Waals surface area contributed by atoms with E-state index < -0.39 is 17.2 Å². The summed E-state index contributed by atoms with van der Waals surface area (Å²) in [7, 11) is 1.48. The average Bonchev–Trinajstić information content (AvgIpc) is 2.64. The molecule has 0 saturated carbocycles. The third-order valence-electron chi connectivity index (χ3n) is 4.09. The Kier molecular flexibility index (Phi) is 7.20. The van der Waals surface area contributed by atoms with Crippen LogP contribution in [-0.4, -0.2) is 35.7 Å². The Morgan fingerprint density at radius 2 is 2.04 bits per heavy atom. The number of aromatic amines is 1. The number of amides is 1. The minimum atomic E-state index is -0.734. The van der Waals surface area contributed by atoms with Crippen LogP contribution < -0.4 is 21.9 Å². The highest BCUT2D eigenvalue weighted by molar-refractivity contribution is 6.34. The van der Waals surface area contributed by atoms with Gasteiger partial charge in [-0.1, -0.05) is 37.1 Å². The number of unbranched alkanes of at least 4 members (excludes halogenated alkanes) is 1. The normalized spacial score (nSPS) is 10.8. The van der Waals surface area contributed by atoms with Crippen LogP contribution in [0, 0.1) is 0 Å². The van der Waals surface area contributed by atoms with E-state index in [1.807, 2.05) is 6.92 Å². The number of H-pyrrole nitrogens is 1. The largest absolute Gasteiger partial charge is 0.383 e. The molecule has 1 amide bonds. The smallest absolute Gasteiger partial charge is 0.330 e. The van der Waals surface area contributed by atoms with E-state index in [0.29, 0.717) is 13.0 Å². The first kappa shape index (κ1) is 20.7. The molecule has 0 unspecified atom stereocenters. The molecule has 0 radical (unpaired) electrons. The topological polar surface area (TPSA) is 110 Å². The van der Waals surface area contributed by atoms with E-state index in [2.05, 4.69) is 4.98 Å².